The topological polar surface area (TPSA) is 48.4 Å². The predicted octanol–water partition coefficient (Wildman–Crippen LogP) is 1.06. The molecule has 1 aliphatic rings. The third-order valence-electron chi connectivity index (χ3n) is 3.18. The minimum absolute atomic E-state index is 0.286. The maximum absolute atomic E-state index is 10.1. The zero-order chi connectivity index (χ0) is 13.7. The summed E-state index contributed by atoms with van der Waals surface area (Å²) in [6.07, 6.45) is -0.286. The Hall–Kier alpha value is -0.620. The van der Waals surface area contributed by atoms with Crippen molar-refractivity contribution < 1.29 is 5.11 Å². The number of thioether (sulfide) groups is 1. The van der Waals surface area contributed by atoms with Crippen LogP contribution >= 0.6 is 11.8 Å². The smallest absolute Gasteiger partial charge is 0.0966 e. The van der Waals surface area contributed by atoms with E-state index in [0.29, 0.717) is 5.75 Å². The van der Waals surface area contributed by atoms with Gasteiger partial charge in [0, 0.05) is 44.2 Å². The molecule has 0 aliphatic carbocycles. The summed E-state index contributed by atoms with van der Waals surface area (Å²) in [6, 6.07) is 4.15. The number of aliphatic hydroxyl groups excluding tert-OH is 1. The molecule has 2 heterocycles. The molecule has 2 rings (SSSR count). The number of aryl methyl sites for hydroxylation is 2. The zero-order valence-electron chi connectivity index (χ0n) is 11.7. The van der Waals surface area contributed by atoms with Gasteiger partial charge in [0.1, 0.15) is 0 Å². The quantitative estimate of drug-likeness (QED) is 0.790. The number of aliphatic hydroxyl groups is 1. The molecule has 1 fully saturated rings. The molecule has 1 atom stereocenters. The lowest BCUT2D eigenvalue weighted by atomic mass is 10.3. The summed E-state index contributed by atoms with van der Waals surface area (Å²) in [5.41, 5.74) is 2.27. The van der Waals surface area contributed by atoms with E-state index < -0.39 is 0 Å². The van der Waals surface area contributed by atoms with E-state index in [1.165, 1.54) is 5.56 Å². The second-order valence-corrected chi connectivity index (χ2v) is 6.18. The fraction of sp³-hybridized carbons (Fsp3) is 0.643. The first kappa shape index (κ1) is 14.8. The SMILES string of the molecule is Cc1cc(C)nc(SCC(O)CN2CCNCC2)c1. The van der Waals surface area contributed by atoms with E-state index >= 15 is 0 Å². The van der Waals surface area contributed by atoms with Crippen molar-refractivity contribution in [3.05, 3.63) is 23.4 Å². The lowest BCUT2D eigenvalue weighted by molar-refractivity contribution is 0.121. The third kappa shape index (κ3) is 5.10. The van der Waals surface area contributed by atoms with Gasteiger partial charge in [-0.25, -0.2) is 4.98 Å². The van der Waals surface area contributed by atoms with Gasteiger partial charge in [-0.15, -0.1) is 11.8 Å². The molecule has 1 aromatic rings. The van der Waals surface area contributed by atoms with Crippen LogP contribution in [0.2, 0.25) is 0 Å². The van der Waals surface area contributed by atoms with E-state index in [4.69, 9.17) is 0 Å². The summed E-state index contributed by atoms with van der Waals surface area (Å²) in [5.74, 6) is 0.708. The highest BCUT2D eigenvalue weighted by Crippen LogP contribution is 2.18. The normalized spacial score (nSPS) is 18.5. The van der Waals surface area contributed by atoms with Crippen molar-refractivity contribution in [1.29, 1.82) is 0 Å². The van der Waals surface area contributed by atoms with Crippen LogP contribution in [0.25, 0.3) is 0 Å². The molecule has 19 heavy (non-hydrogen) atoms. The molecule has 2 N–H and O–H groups in total. The molecule has 1 aliphatic heterocycles. The molecule has 4 nitrogen and oxygen atoms in total. The molecule has 1 unspecified atom stereocenters. The van der Waals surface area contributed by atoms with Crippen LogP contribution in [0.5, 0.6) is 0 Å². The van der Waals surface area contributed by atoms with Crippen molar-refractivity contribution in [1.82, 2.24) is 15.2 Å². The maximum atomic E-state index is 10.1. The Kier molecular flexibility index (Phi) is 5.63. The average molecular weight is 281 g/mol. The fourth-order valence-corrected chi connectivity index (χ4v) is 3.25. The Bertz CT molecular complexity index is 387. The zero-order valence-corrected chi connectivity index (χ0v) is 12.5. The number of hydrogen-bond donors (Lipinski definition) is 2. The first-order valence-electron chi connectivity index (χ1n) is 6.83. The van der Waals surface area contributed by atoms with E-state index in [2.05, 4.69) is 34.3 Å². The number of hydrogen-bond acceptors (Lipinski definition) is 5. The van der Waals surface area contributed by atoms with Gasteiger partial charge in [-0.3, -0.25) is 4.90 Å². The van der Waals surface area contributed by atoms with E-state index in [9.17, 15) is 5.11 Å². The van der Waals surface area contributed by atoms with Crippen LogP contribution in [0.4, 0.5) is 0 Å². The van der Waals surface area contributed by atoms with E-state index in [-0.39, 0.29) is 6.10 Å². The minimum Gasteiger partial charge on any atom is -0.391 e. The summed E-state index contributed by atoms with van der Waals surface area (Å²) >= 11 is 1.64. The lowest BCUT2D eigenvalue weighted by Gasteiger charge is -2.28. The molecule has 0 spiro atoms. The molecule has 0 bridgehead atoms. The van der Waals surface area contributed by atoms with E-state index in [1.807, 2.05) is 6.92 Å². The van der Waals surface area contributed by atoms with E-state index in [1.54, 1.807) is 11.8 Å². The lowest BCUT2D eigenvalue weighted by Crippen LogP contribution is -2.46. The van der Waals surface area contributed by atoms with Crippen LogP contribution < -0.4 is 5.32 Å². The molecule has 1 saturated heterocycles. The molecule has 0 radical (unpaired) electrons. The monoisotopic (exact) mass is 281 g/mol. The van der Waals surface area contributed by atoms with Crippen molar-refractivity contribution in [3.63, 3.8) is 0 Å². The Morgan fingerprint density at radius 1 is 1.37 bits per heavy atom. The van der Waals surface area contributed by atoms with Crippen LogP contribution in [0.1, 0.15) is 11.3 Å². The fourth-order valence-electron chi connectivity index (χ4n) is 2.30. The number of pyridine rings is 1. The molecular formula is C14H23N3OS. The number of nitrogens with one attached hydrogen (secondary N) is 1. The third-order valence-corrected chi connectivity index (χ3v) is 4.23. The van der Waals surface area contributed by atoms with Gasteiger partial charge < -0.3 is 10.4 Å². The van der Waals surface area contributed by atoms with Gasteiger partial charge in [-0.05, 0) is 31.5 Å². The Morgan fingerprint density at radius 2 is 2.11 bits per heavy atom. The summed E-state index contributed by atoms with van der Waals surface area (Å²) in [7, 11) is 0. The van der Waals surface area contributed by atoms with Crippen molar-refractivity contribution in [2.45, 2.75) is 25.0 Å². The van der Waals surface area contributed by atoms with Gasteiger partial charge in [-0.2, -0.15) is 0 Å². The molecule has 0 amide bonds. The summed E-state index contributed by atoms with van der Waals surface area (Å²) < 4.78 is 0. The number of aromatic nitrogens is 1. The van der Waals surface area contributed by atoms with Gasteiger partial charge >= 0.3 is 0 Å². The second-order valence-electron chi connectivity index (χ2n) is 5.14. The standard InChI is InChI=1S/C14H23N3OS/c1-11-7-12(2)16-14(8-11)19-10-13(18)9-17-5-3-15-4-6-17/h7-8,13,15,18H,3-6,9-10H2,1-2H3. The molecule has 1 aromatic heterocycles. The van der Waals surface area contributed by atoms with Crippen molar-refractivity contribution in [2.24, 2.45) is 0 Å². The summed E-state index contributed by atoms with van der Waals surface area (Å²) in [4.78, 5) is 6.80. The number of piperazine rings is 1. The van der Waals surface area contributed by atoms with E-state index in [0.717, 1.165) is 43.4 Å². The Labute approximate surface area is 119 Å². The highest BCUT2D eigenvalue weighted by atomic mass is 32.2. The van der Waals surface area contributed by atoms with Crippen LogP contribution in [-0.2, 0) is 0 Å². The van der Waals surface area contributed by atoms with Gasteiger partial charge in [0.15, 0.2) is 0 Å². The van der Waals surface area contributed by atoms with Gasteiger partial charge in [0.2, 0.25) is 0 Å². The Balaban J connectivity index is 1.77. The Morgan fingerprint density at radius 3 is 2.79 bits per heavy atom. The molecule has 0 saturated carbocycles. The van der Waals surface area contributed by atoms with Crippen LogP contribution in [0.3, 0.4) is 0 Å². The first-order chi connectivity index (χ1) is 9.13. The van der Waals surface area contributed by atoms with Crippen LogP contribution in [0.15, 0.2) is 17.2 Å². The van der Waals surface area contributed by atoms with Crippen molar-refractivity contribution in [2.75, 3.05) is 38.5 Å². The largest absolute Gasteiger partial charge is 0.391 e. The van der Waals surface area contributed by atoms with Crippen molar-refractivity contribution in [3.8, 4) is 0 Å². The highest BCUT2D eigenvalue weighted by molar-refractivity contribution is 7.99. The predicted molar refractivity (Wildman–Crippen MR) is 79.8 cm³/mol. The number of β-amino-alcohol motifs (C(OH)–C–C–N with tert-alkyl or cyclic N) is 1. The molecule has 5 heteroatoms. The maximum Gasteiger partial charge on any atom is 0.0966 e. The molecular weight excluding hydrogens is 258 g/mol. The highest BCUT2D eigenvalue weighted by Gasteiger charge is 2.14. The van der Waals surface area contributed by atoms with Crippen LogP contribution in [0, 0.1) is 13.8 Å². The second kappa shape index (κ2) is 7.24. The minimum atomic E-state index is -0.286. The number of nitrogens with zero attached hydrogens (tertiary/aromatic N) is 2. The summed E-state index contributed by atoms with van der Waals surface area (Å²) in [6.45, 7) is 8.97. The van der Waals surface area contributed by atoms with Gasteiger partial charge in [-0.1, -0.05) is 0 Å². The van der Waals surface area contributed by atoms with Gasteiger partial charge in [0.25, 0.3) is 0 Å². The first-order valence-corrected chi connectivity index (χ1v) is 7.81. The van der Waals surface area contributed by atoms with Gasteiger partial charge in [0.05, 0.1) is 11.1 Å². The molecule has 106 valence electrons. The number of rotatable bonds is 5. The molecule has 0 aromatic carbocycles. The summed E-state index contributed by atoms with van der Waals surface area (Å²) in [5, 5.41) is 14.4. The average Bonchev–Trinajstić information content (AvgIpc) is 2.36. The van der Waals surface area contributed by atoms with Crippen molar-refractivity contribution >= 4 is 11.8 Å². The van der Waals surface area contributed by atoms with Crippen LogP contribution in [-0.4, -0.2) is 59.6 Å².